The fourth-order valence-corrected chi connectivity index (χ4v) is 15.9. The first-order valence-corrected chi connectivity index (χ1v) is 30.1. The van der Waals surface area contributed by atoms with Gasteiger partial charge in [-0.25, -0.2) is 9.59 Å². The van der Waals surface area contributed by atoms with E-state index in [1.165, 1.54) is 31.4 Å². The summed E-state index contributed by atoms with van der Waals surface area (Å²) in [6.07, 6.45) is -0.544. The Morgan fingerprint density at radius 2 is 0.818 bits per heavy atom. The largest absolute Gasteiger partial charge is 0.463 e. The van der Waals surface area contributed by atoms with E-state index in [2.05, 4.69) is 0 Å². The summed E-state index contributed by atoms with van der Waals surface area (Å²) in [4.78, 5) is 50.4. The van der Waals surface area contributed by atoms with Gasteiger partial charge in [-0.2, -0.15) is 0 Å². The molecule has 0 radical (unpaired) electrons. The smallest absolute Gasteiger partial charge is 0.338 e. The number of rotatable bonds is 18. The van der Waals surface area contributed by atoms with Gasteiger partial charge in [0, 0.05) is 23.8 Å². The van der Waals surface area contributed by atoms with Crippen LogP contribution in [0.5, 0.6) is 17.2 Å². The Morgan fingerprint density at radius 1 is 0.442 bits per heavy atom. The molecule has 0 bridgehead atoms. The van der Waals surface area contributed by atoms with Crippen LogP contribution in [-0.2, 0) is 47.0 Å². The molecular weight excluding hydrogens is 1050 g/mol. The third kappa shape index (κ3) is 12.2. The summed E-state index contributed by atoms with van der Waals surface area (Å²) in [6, 6.07) is 49.8. The van der Waals surface area contributed by atoms with Crippen LogP contribution in [0.4, 0.5) is 0 Å². The number of fused-ring (bicyclic) bond motifs is 9. The molecule has 3 aliphatic heterocycles. The summed E-state index contributed by atoms with van der Waals surface area (Å²) >= 11 is 0. The van der Waals surface area contributed by atoms with Crippen LogP contribution in [0.25, 0.3) is 33.4 Å². The third-order valence-corrected chi connectivity index (χ3v) is 20.1. The van der Waals surface area contributed by atoms with E-state index >= 15 is 0 Å². The van der Waals surface area contributed by atoms with Gasteiger partial charge in [-0.15, -0.1) is 0 Å². The van der Waals surface area contributed by atoms with E-state index < -0.39 is 51.9 Å². The van der Waals surface area contributed by atoms with E-state index in [1.54, 1.807) is 48.5 Å². The minimum absolute atomic E-state index is 0.00208. The second kappa shape index (κ2) is 24.2. The number of esters is 4. The number of hydrogen-bond acceptors (Lipinski definition) is 16. The molecule has 19 heteroatoms. The average molecular weight is 1100 g/mol. The zero-order chi connectivity index (χ0) is 54.0. The van der Waals surface area contributed by atoms with Gasteiger partial charge in [-0.05, 0) is 77.4 Å². The van der Waals surface area contributed by atoms with Gasteiger partial charge in [0.2, 0.25) is 0 Å². The fraction of sp³-hybridized carbons (Fsp3) is 0.207. The lowest BCUT2D eigenvalue weighted by molar-refractivity contribution is -0.155. The molecule has 16 nitrogen and oxygen atoms in total. The molecule has 4 unspecified atom stereocenters. The summed E-state index contributed by atoms with van der Waals surface area (Å²) in [6.45, 7) is -0.562. The van der Waals surface area contributed by atoms with E-state index in [4.69, 9.17) is 42.4 Å². The van der Waals surface area contributed by atoms with Crippen LogP contribution in [0.15, 0.2) is 170 Å². The topological polar surface area (TPSA) is 214 Å². The van der Waals surface area contributed by atoms with Crippen LogP contribution in [0.1, 0.15) is 27.1 Å². The van der Waals surface area contributed by atoms with Crippen LogP contribution in [-0.4, -0.2) is 94.2 Å². The fourth-order valence-electron chi connectivity index (χ4n) is 9.10. The van der Waals surface area contributed by atoms with Crippen LogP contribution in [0.2, 0.25) is 0 Å². The lowest BCUT2D eigenvalue weighted by atomic mass is 10.0. The maximum absolute atomic E-state index is 14.0. The van der Waals surface area contributed by atoms with Crippen molar-refractivity contribution in [3.05, 3.63) is 181 Å². The van der Waals surface area contributed by atoms with Crippen molar-refractivity contribution in [3.63, 3.8) is 0 Å². The van der Waals surface area contributed by atoms with Crippen molar-refractivity contribution < 1.29 is 75.2 Å². The Balaban J connectivity index is 0.000000204. The number of carbonyl (C=O) groups is 4. The number of aliphatic hydroxyl groups is 1. The van der Waals surface area contributed by atoms with Crippen molar-refractivity contribution in [2.24, 2.45) is 5.92 Å². The normalized spacial score (nSPS) is 18.3. The first-order chi connectivity index (χ1) is 37.3. The van der Waals surface area contributed by atoms with Crippen molar-refractivity contribution >= 4 is 61.9 Å². The Kier molecular flexibility index (Phi) is 17.0. The Labute approximate surface area is 444 Å². The molecule has 0 aromatic heterocycles. The number of para-hydroxylation sites is 3. The van der Waals surface area contributed by atoms with Gasteiger partial charge in [0.05, 0.1) is 71.1 Å². The molecule has 10 rings (SSSR count). The first kappa shape index (κ1) is 54.2. The zero-order valence-electron chi connectivity index (χ0n) is 41.7. The minimum atomic E-state index is -3.56. The van der Waals surface area contributed by atoms with Crippen molar-refractivity contribution in [3.8, 4) is 50.6 Å². The maximum Gasteiger partial charge on any atom is 0.338 e. The number of aliphatic hydroxyl groups excluding tert-OH is 1. The van der Waals surface area contributed by atoms with Gasteiger partial charge >= 0.3 is 23.9 Å². The number of benzene rings is 7. The molecule has 3 heterocycles. The molecule has 77 heavy (non-hydrogen) atoms. The van der Waals surface area contributed by atoms with E-state index in [0.717, 1.165) is 33.4 Å². The summed E-state index contributed by atoms with van der Waals surface area (Å²) in [5, 5.41) is 10.5. The first-order valence-electron chi connectivity index (χ1n) is 24.6. The molecule has 7 aromatic rings. The highest BCUT2D eigenvalue weighted by molar-refractivity contribution is 7.68. The van der Waals surface area contributed by atoms with E-state index in [1.807, 2.05) is 97.1 Å². The second-order valence-corrected chi connectivity index (χ2v) is 25.1. The van der Waals surface area contributed by atoms with Gasteiger partial charge in [-0.1, -0.05) is 109 Å². The van der Waals surface area contributed by atoms with Crippen LogP contribution in [0, 0.1) is 5.92 Å². The minimum Gasteiger partial charge on any atom is -0.463 e. The molecule has 7 aromatic carbocycles. The van der Waals surface area contributed by atoms with Gasteiger partial charge in [0.15, 0.2) is 0 Å². The van der Waals surface area contributed by atoms with Gasteiger partial charge < -0.3 is 42.4 Å². The second-order valence-electron chi connectivity index (χ2n) is 17.8. The van der Waals surface area contributed by atoms with E-state index in [-0.39, 0.29) is 75.7 Å². The number of methoxy groups -OCH3 is 1. The molecule has 4 atom stereocenters. The summed E-state index contributed by atoms with van der Waals surface area (Å²) in [7, 11) is -8.75. The number of ether oxygens (including phenoxy) is 5. The zero-order valence-corrected chi connectivity index (χ0v) is 44.4. The predicted octanol–water partition coefficient (Wildman–Crippen LogP) is 9.71. The van der Waals surface area contributed by atoms with Gasteiger partial charge in [-0.3, -0.25) is 23.3 Å². The molecule has 0 fully saturated rings. The van der Waals surface area contributed by atoms with Crippen LogP contribution < -0.4 is 29.5 Å². The van der Waals surface area contributed by atoms with Crippen molar-refractivity contribution in [2.75, 3.05) is 65.2 Å². The van der Waals surface area contributed by atoms with Crippen LogP contribution in [0.3, 0.4) is 0 Å². The van der Waals surface area contributed by atoms with Gasteiger partial charge in [0.1, 0.15) is 43.7 Å². The summed E-state index contributed by atoms with van der Waals surface area (Å²) < 4.78 is 85.5. The lowest BCUT2D eigenvalue weighted by Crippen LogP contribution is -2.30. The molecule has 0 saturated carbocycles. The highest BCUT2D eigenvalue weighted by atomic mass is 31.2. The maximum atomic E-state index is 14.0. The number of hydrogen-bond donors (Lipinski definition) is 1. The molecular formula is C58H53O16P3. The highest BCUT2D eigenvalue weighted by Gasteiger charge is 2.42. The average Bonchev–Trinajstić information content (AvgIpc) is 3.48. The standard InChI is InChI=1S/C36H28O8P2.C22H25O8P/c37-35(41-21-23-45(39)33-15-7-3-11-29(33)27-9-1-5-13-31(27)43-45)25-17-19-26(20-18-25)36(38)42-22-24-46(40)34-16-8-4-12-30(34)28-10-2-6-14-32(28)44-46;1-27-12-13-29-22(25)16(14-21(24)28-11-10-23)15-31(26)20-9-5-3-7-18(20)17-6-2-4-8-19(17)30-31/h1-20H,21-24H2;2-9,16,23H,10-15H2,1H3. The SMILES string of the molecule is COCCOC(=O)C(CC(=O)OCCO)CP1(=O)Oc2ccccc2-c2ccccc21.O=C(OCCP1(=O)Oc2ccccc2-c2ccccc21)c1ccc(C(=O)OCCP2(=O)Oc3ccccc3-c3ccccc32)cc1. The Bertz CT molecular complexity index is 3320. The molecule has 3 aliphatic rings. The molecule has 0 spiro atoms. The predicted molar refractivity (Wildman–Crippen MR) is 290 cm³/mol. The Morgan fingerprint density at radius 3 is 1.23 bits per heavy atom. The lowest BCUT2D eigenvalue weighted by Gasteiger charge is -2.30. The monoisotopic (exact) mass is 1100 g/mol. The molecule has 1 N–H and O–H groups in total. The van der Waals surface area contributed by atoms with Crippen molar-refractivity contribution in [1.29, 1.82) is 0 Å². The van der Waals surface area contributed by atoms with E-state index in [9.17, 15) is 32.9 Å². The highest BCUT2D eigenvalue weighted by Crippen LogP contribution is 2.57. The molecule has 396 valence electrons. The van der Waals surface area contributed by atoms with Crippen molar-refractivity contribution in [2.45, 2.75) is 6.42 Å². The van der Waals surface area contributed by atoms with Gasteiger partial charge in [0.25, 0.3) is 22.1 Å². The van der Waals surface area contributed by atoms with Crippen molar-refractivity contribution in [1.82, 2.24) is 0 Å². The molecule has 0 amide bonds. The number of carbonyl (C=O) groups excluding carboxylic acids is 4. The quantitative estimate of drug-likeness (QED) is 0.0366. The Hall–Kier alpha value is -7.57. The van der Waals surface area contributed by atoms with E-state index in [0.29, 0.717) is 33.2 Å². The molecule has 0 saturated heterocycles. The summed E-state index contributed by atoms with van der Waals surface area (Å²) in [5.41, 5.74) is 5.44. The van der Waals surface area contributed by atoms with Crippen LogP contribution >= 0.6 is 22.1 Å². The third-order valence-electron chi connectivity index (χ3n) is 12.8. The summed E-state index contributed by atoms with van der Waals surface area (Å²) in [5.74, 6) is -2.15. The molecule has 0 aliphatic carbocycles.